The molecule has 1 aromatic carbocycles. The SMILES string of the molecule is Cc1cc(-n2cccn2)ccc1Br. The third-order valence-electron chi connectivity index (χ3n) is 1.91. The number of halogens is 1. The average Bonchev–Trinajstić information content (AvgIpc) is 2.62. The number of hydrogen-bond acceptors (Lipinski definition) is 1. The van der Waals surface area contributed by atoms with Gasteiger partial charge in [-0.3, -0.25) is 0 Å². The van der Waals surface area contributed by atoms with Crippen molar-refractivity contribution in [1.29, 1.82) is 0 Å². The van der Waals surface area contributed by atoms with Gasteiger partial charge >= 0.3 is 0 Å². The number of aryl methyl sites for hydroxylation is 1. The highest BCUT2D eigenvalue weighted by Gasteiger charge is 1.98. The van der Waals surface area contributed by atoms with Gasteiger partial charge in [0.15, 0.2) is 0 Å². The summed E-state index contributed by atoms with van der Waals surface area (Å²) in [6.45, 7) is 2.07. The third-order valence-corrected chi connectivity index (χ3v) is 2.80. The predicted octanol–water partition coefficient (Wildman–Crippen LogP) is 2.94. The van der Waals surface area contributed by atoms with E-state index >= 15 is 0 Å². The molecule has 0 aliphatic carbocycles. The van der Waals surface area contributed by atoms with Crippen molar-refractivity contribution in [3.63, 3.8) is 0 Å². The molecule has 0 fully saturated rings. The molecular formula is C10H9BrN2. The van der Waals surface area contributed by atoms with E-state index in [4.69, 9.17) is 0 Å². The van der Waals surface area contributed by atoms with Crippen molar-refractivity contribution in [1.82, 2.24) is 9.78 Å². The van der Waals surface area contributed by atoms with Crippen LogP contribution in [0.3, 0.4) is 0 Å². The second kappa shape index (κ2) is 3.34. The molecule has 0 unspecified atom stereocenters. The number of benzene rings is 1. The summed E-state index contributed by atoms with van der Waals surface area (Å²) in [5.74, 6) is 0. The molecule has 0 spiro atoms. The minimum absolute atomic E-state index is 1.09. The summed E-state index contributed by atoms with van der Waals surface area (Å²) in [4.78, 5) is 0. The fourth-order valence-electron chi connectivity index (χ4n) is 1.19. The van der Waals surface area contributed by atoms with Gasteiger partial charge in [0.25, 0.3) is 0 Å². The largest absolute Gasteiger partial charge is 0.241 e. The first-order valence-electron chi connectivity index (χ1n) is 4.03. The third kappa shape index (κ3) is 1.65. The standard InChI is InChI=1S/C10H9BrN2/c1-8-7-9(3-4-10(8)11)13-6-2-5-12-13/h2-7H,1H3. The van der Waals surface area contributed by atoms with Crippen molar-refractivity contribution in [2.75, 3.05) is 0 Å². The highest BCUT2D eigenvalue weighted by Crippen LogP contribution is 2.18. The Hall–Kier alpha value is -1.09. The predicted molar refractivity (Wildman–Crippen MR) is 56.0 cm³/mol. The van der Waals surface area contributed by atoms with E-state index < -0.39 is 0 Å². The molecule has 0 aliphatic heterocycles. The van der Waals surface area contributed by atoms with Crippen molar-refractivity contribution in [3.05, 3.63) is 46.7 Å². The zero-order chi connectivity index (χ0) is 9.26. The number of rotatable bonds is 1. The topological polar surface area (TPSA) is 17.8 Å². The van der Waals surface area contributed by atoms with Gasteiger partial charge in [-0.2, -0.15) is 5.10 Å². The fourth-order valence-corrected chi connectivity index (χ4v) is 1.44. The summed E-state index contributed by atoms with van der Waals surface area (Å²) in [5.41, 5.74) is 2.30. The first-order valence-corrected chi connectivity index (χ1v) is 4.83. The van der Waals surface area contributed by atoms with Gasteiger partial charge in [-0.25, -0.2) is 4.68 Å². The van der Waals surface area contributed by atoms with Gasteiger partial charge in [0.05, 0.1) is 5.69 Å². The summed E-state index contributed by atoms with van der Waals surface area (Å²) in [7, 11) is 0. The van der Waals surface area contributed by atoms with E-state index in [-0.39, 0.29) is 0 Å². The van der Waals surface area contributed by atoms with E-state index in [1.54, 1.807) is 6.20 Å². The second-order valence-corrected chi connectivity index (χ2v) is 3.74. The van der Waals surface area contributed by atoms with Crippen molar-refractivity contribution in [2.24, 2.45) is 0 Å². The lowest BCUT2D eigenvalue weighted by molar-refractivity contribution is 0.879. The first-order chi connectivity index (χ1) is 6.27. The Morgan fingerprint density at radius 3 is 2.85 bits per heavy atom. The van der Waals surface area contributed by atoms with Crippen molar-refractivity contribution < 1.29 is 0 Å². The minimum atomic E-state index is 1.09. The molecule has 2 nitrogen and oxygen atoms in total. The van der Waals surface area contributed by atoms with Crippen molar-refractivity contribution in [2.45, 2.75) is 6.92 Å². The summed E-state index contributed by atoms with van der Waals surface area (Å²) in [6, 6.07) is 8.07. The number of aromatic nitrogens is 2. The van der Waals surface area contributed by atoms with Crippen LogP contribution in [0.2, 0.25) is 0 Å². The Bertz CT molecular complexity index is 407. The first kappa shape index (κ1) is 8.51. The van der Waals surface area contributed by atoms with Crippen LogP contribution in [0, 0.1) is 6.92 Å². The molecule has 0 amide bonds. The van der Waals surface area contributed by atoms with Gasteiger partial charge in [-0.05, 0) is 36.8 Å². The lowest BCUT2D eigenvalue weighted by atomic mass is 10.2. The van der Waals surface area contributed by atoms with Crippen molar-refractivity contribution in [3.8, 4) is 5.69 Å². The van der Waals surface area contributed by atoms with E-state index in [9.17, 15) is 0 Å². The summed E-state index contributed by atoms with van der Waals surface area (Å²) in [6.07, 6.45) is 3.71. The Balaban J connectivity index is 2.49. The van der Waals surface area contributed by atoms with Gasteiger partial charge in [0.2, 0.25) is 0 Å². The molecule has 0 radical (unpaired) electrons. The molecule has 13 heavy (non-hydrogen) atoms. The molecule has 2 aromatic rings. The van der Waals surface area contributed by atoms with E-state index in [1.807, 2.05) is 29.1 Å². The zero-order valence-corrected chi connectivity index (χ0v) is 8.82. The molecule has 66 valence electrons. The van der Waals surface area contributed by atoms with Gasteiger partial charge in [0.1, 0.15) is 0 Å². The highest BCUT2D eigenvalue weighted by atomic mass is 79.9. The van der Waals surface area contributed by atoms with Gasteiger partial charge < -0.3 is 0 Å². The quantitative estimate of drug-likeness (QED) is 0.745. The molecule has 2 rings (SSSR count). The molecule has 1 heterocycles. The van der Waals surface area contributed by atoms with Crippen LogP contribution in [-0.4, -0.2) is 9.78 Å². The summed E-state index contributed by atoms with van der Waals surface area (Å²) in [5, 5.41) is 4.16. The van der Waals surface area contributed by atoms with Gasteiger partial charge in [0, 0.05) is 16.9 Å². The maximum absolute atomic E-state index is 4.16. The lowest BCUT2D eigenvalue weighted by Gasteiger charge is -2.03. The van der Waals surface area contributed by atoms with Crippen LogP contribution in [0.1, 0.15) is 5.56 Å². The molecule has 1 aromatic heterocycles. The molecule has 0 aliphatic rings. The van der Waals surface area contributed by atoms with Crippen LogP contribution >= 0.6 is 15.9 Å². The van der Waals surface area contributed by atoms with E-state index in [0.29, 0.717) is 0 Å². The Kier molecular flexibility index (Phi) is 2.19. The van der Waals surface area contributed by atoms with Crippen molar-refractivity contribution >= 4 is 15.9 Å². The molecule has 3 heteroatoms. The minimum Gasteiger partial charge on any atom is -0.241 e. The number of hydrogen-bond donors (Lipinski definition) is 0. The Labute approximate surface area is 85.3 Å². The van der Waals surface area contributed by atoms with Crippen LogP contribution in [0.15, 0.2) is 41.1 Å². The molecule has 0 saturated heterocycles. The molecule has 0 saturated carbocycles. The maximum Gasteiger partial charge on any atom is 0.0648 e. The van der Waals surface area contributed by atoms with Crippen LogP contribution < -0.4 is 0 Å². The Morgan fingerprint density at radius 2 is 2.23 bits per heavy atom. The summed E-state index contributed by atoms with van der Waals surface area (Å²) < 4.78 is 2.97. The Morgan fingerprint density at radius 1 is 1.38 bits per heavy atom. The second-order valence-electron chi connectivity index (χ2n) is 2.88. The van der Waals surface area contributed by atoms with E-state index in [0.717, 1.165) is 10.2 Å². The van der Waals surface area contributed by atoms with Gasteiger partial charge in [-0.15, -0.1) is 0 Å². The van der Waals surface area contributed by atoms with E-state index in [2.05, 4.69) is 34.0 Å². The average molecular weight is 237 g/mol. The number of nitrogens with zero attached hydrogens (tertiary/aromatic N) is 2. The van der Waals surface area contributed by atoms with Crippen LogP contribution in [-0.2, 0) is 0 Å². The highest BCUT2D eigenvalue weighted by molar-refractivity contribution is 9.10. The molecular weight excluding hydrogens is 228 g/mol. The zero-order valence-electron chi connectivity index (χ0n) is 7.24. The molecule has 0 N–H and O–H groups in total. The fraction of sp³-hybridized carbons (Fsp3) is 0.100. The smallest absolute Gasteiger partial charge is 0.0648 e. The van der Waals surface area contributed by atoms with Gasteiger partial charge in [-0.1, -0.05) is 15.9 Å². The maximum atomic E-state index is 4.16. The van der Waals surface area contributed by atoms with Crippen LogP contribution in [0.4, 0.5) is 0 Å². The van der Waals surface area contributed by atoms with Crippen LogP contribution in [0.5, 0.6) is 0 Å². The lowest BCUT2D eigenvalue weighted by Crippen LogP contribution is -1.94. The normalized spacial score (nSPS) is 10.3. The molecule has 0 bridgehead atoms. The summed E-state index contributed by atoms with van der Waals surface area (Å²) >= 11 is 3.46. The van der Waals surface area contributed by atoms with E-state index in [1.165, 1.54) is 5.56 Å². The van der Waals surface area contributed by atoms with Crippen LogP contribution in [0.25, 0.3) is 5.69 Å². The molecule has 0 atom stereocenters. The monoisotopic (exact) mass is 236 g/mol.